The van der Waals surface area contributed by atoms with Crippen LogP contribution in [0.1, 0.15) is 23.1 Å². The van der Waals surface area contributed by atoms with Crippen molar-refractivity contribution in [2.24, 2.45) is 0 Å². The fraction of sp³-hybridized carbons (Fsp3) is 0.389. The van der Waals surface area contributed by atoms with Crippen molar-refractivity contribution in [3.63, 3.8) is 0 Å². The van der Waals surface area contributed by atoms with E-state index in [4.69, 9.17) is 5.73 Å². The summed E-state index contributed by atoms with van der Waals surface area (Å²) in [5.74, 6) is 0. The van der Waals surface area contributed by atoms with E-state index in [2.05, 4.69) is 47.1 Å². The third kappa shape index (κ3) is 3.18. The molecule has 1 aromatic carbocycles. The zero-order valence-electron chi connectivity index (χ0n) is 13.3. The second-order valence-electron chi connectivity index (χ2n) is 6.22. The van der Waals surface area contributed by atoms with Gasteiger partial charge < -0.3 is 5.73 Å². The molecule has 0 aliphatic carbocycles. The predicted octanol–water partition coefficient (Wildman–Crippen LogP) is 3.70. The van der Waals surface area contributed by atoms with Crippen LogP contribution in [-0.2, 0) is 12.8 Å². The summed E-state index contributed by atoms with van der Waals surface area (Å²) in [6.45, 7) is 5.56. The van der Waals surface area contributed by atoms with Crippen LogP contribution in [0.15, 0.2) is 34.7 Å². The minimum atomic E-state index is 0.552. The maximum atomic E-state index is 5.84. The van der Waals surface area contributed by atoms with Gasteiger partial charge in [0, 0.05) is 41.1 Å². The number of rotatable bonds is 2. The maximum Gasteiger partial charge on any atom is 0.180 e. The van der Waals surface area contributed by atoms with Crippen molar-refractivity contribution in [3.05, 3.63) is 46.0 Å². The highest BCUT2D eigenvalue weighted by atomic mass is 32.2. The van der Waals surface area contributed by atoms with Crippen LogP contribution >= 0.6 is 23.1 Å². The van der Waals surface area contributed by atoms with Gasteiger partial charge in [-0.25, -0.2) is 4.98 Å². The fourth-order valence-corrected chi connectivity index (χ4v) is 5.27. The topological polar surface area (TPSA) is 42.2 Å². The lowest BCUT2D eigenvalue weighted by atomic mass is 10.1. The molecule has 2 aromatic rings. The molecule has 2 aliphatic rings. The van der Waals surface area contributed by atoms with Gasteiger partial charge in [-0.15, -0.1) is 23.1 Å². The molecule has 1 unspecified atom stereocenters. The molecule has 120 valence electrons. The van der Waals surface area contributed by atoms with Crippen LogP contribution in [-0.4, -0.2) is 34.8 Å². The Kier molecular flexibility index (Phi) is 4.18. The molecule has 0 fully saturated rings. The Labute approximate surface area is 145 Å². The molecule has 4 rings (SSSR count). The molecular weight excluding hydrogens is 322 g/mol. The van der Waals surface area contributed by atoms with Crippen LogP contribution in [0.5, 0.6) is 0 Å². The molecule has 0 saturated carbocycles. The number of nitrogen functional groups attached to an aromatic ring is 1. The first-order chi connectivity index (χ1) is 11.2. The molecular formula is C18H21N3S2. The quantitative estimate of drug-likeness (QED) is 0.903. The van der Waals surface area contributed by atoms with E-state index >= 15 is 0 Å². The minimum Gasteiger partial charge on any atom is -0.375 e. The molecule has 0 saturated heterocycles. The first kappa shape index (κ1) is 15.2. The summed E-state index contributed by atoms with van der Waals surface area (Å²) in [4.78, 5) is 9.85. The van der Waals surface area contributed by atoms with Gasteiger partial charge in [-0.1, -0.05) is 24.3 Å². The molecule has 2 N–H and O–H groups in total. The van der Waals surface area contributed by atoms with E-state index in [1.165, 1.54) is 26.6 Å². The average Bonchev–Trinajstić information content (AvgIpc) is 2.80. The summed E-state index contributed by atoms with van der Waals surface area (Å²) in [5.41, 5.74) is 9.96. The number of hydrogen-bond acceptors (Lipinski definition) is 5. The summed E-state index contributed by atoms with van der Waals surface area (Å²) in [7, 11) is 0. The third-order valence-electron chi connectivity index (χ3n) is 4.61. The number of fused-ring (bicyclic) bond motifs is 2. The number of anilines is 1. The normalized spacial score (nSPS) is 21.3. The highest BCUT2D eigenvalue weighted by molar-refractivity contribution is 8.00. The van der Waals surface area contributed by atoms with Gasteiger partial charge in [0.25, 0.3) is 0 Å². The Hall–Kier alpha value is -1.30. The predicted molar refractivity (Wildman–Crippen MR) is 100 cm³/mol. The number of benzene rings is 1. The number of thiazole rings is 1. The summed E-state index contributed by atoms with van der Waals surface area (Å²) in [6.07, 6.45) is 4.50. The van der Waals surface area contributed by atoms with E-state index in [1.54, 1.807) is 11.3 Å². The van der Waals surface area contributed by atoms with Crippen molar-refractivity contribution in [1.29, 1.82) is 0 Å². The molecule has 0 bridgehead atoms. The fourth-order valence-electron chi connectivity index (χ4n) is 3.31. The number of aromatic nitrogens is 1. The Bertz CT molecular complexity index is 725. The zero-order valence-corrected chi connectivity index (χ0v) is 14.9. The maximum absolute atomic E-state index is 5.84. The van der Waals surface area contributed by atoms with E-state index in [-0.39, 0.29) is 0 Å². The van der Waals surface area contributed by atoms with Crippen molar-refractivity contribution in [3.8, 4) is 0 Å². The first-order valence-corrected chi connectivity index (χ1v) is 9.81. The van der Waals surface area contributed by atoms with Gasteiger partial charge in [0.2, 0.25) is 0 Å². The van der Waals surface area contributed by atoms with Crippen molar-refractivity contribution >= 4 is 34.3 Å². The highest BCUT2D eigenvalue weighted by Crippen LogP contribution is 2.37. The molecule has 1 aromatic heterocycles. The van der Waals surface area contributed by atoms with Gasteiger partial charge in [-0.2, -0.15) is 0 Å². The highest BCUT2D eigenvalue weighted by Gasteiger charge is 2.22. The van der Waals surface area contributed by atoms with Gasteiger partial charge >= 0.3 is 0 Å². The third-order valence-corrected chi connectivity index (χ3v) is 6.88. The lowest BCUT2D eigenvalue weighted by Crippen LogP contribution is -2.31. The largest absolute Gasteiger partial charge is 0.375 e. The zero-order chi connectivity index (χ0) is 15.8. The molecule has 2 aliphatic heterocycles. The molecule has 0 spiro atoms. The Balaban J connectivity index is 1.48. The van der Waals surface area contributed by atoms with Gasteiger partial charge in [0.05, 0.1) is 5.69 Å². The van der Waals surface area contributed by atoms with Crippen molar-refractivity contribution in [2.75, 3.05) is 25.4 Å². The van der Waals surface area contributed by atoms with Crippen LogP contribution in [0.4, 0.5) is 5.13 Å². The van der Waals surface area contributed by atoms with Crippen LogP contribution in [0.3, 0.4) is 0 Å². The Morgan fingerprint density at radius 3 is 3.00 bits per heavy atom. The van der Waals surface area contributed by atoms with E-state index in [1.807, 2.05) is 11.8 Å². The van der Waals surface area contributed by atoms with Crippen molar-refractivity contribution in [2.45, 2.75) is 29.9 Å². The molecule has 0 radical (unpaired) electrons. The van der Waals surface area contributed by atoms with Crippen LogP contribution in [0, 0.1) is 0 Å². The Morgan fingerprint density at radius 1 is 1.26 bits per heavy atom. The monoisotopic (exact) mass is 343 g/mol. The number of nitrogens with two attached hydrogens (primary N) is 1. The molecule has 3 heterocycles. The van der Waals surface area contributed by atoms with E-state index in [9.17, 15) is 0 Å². The molecule has 0 amide bonds. The van der Waals surface area contributed by atoms with Crippen molar-refractivity contribution < 1.29 is 0 Å². The van der Waals surface area contributed by atoms with E-state index in [0.29, 0.717) is 5.25 Å². The van der Waals surface area contributed by atoms with Gasteiger partial charge in [-0.3, -0.25) is 4.90 Å². The number of hydrogen-bond donors (Lipinski definition) is 1. The molecule has 3 nitrogen and oxygen atoms in total. The number of thioether (sulfide) groups is 1. The van der Waals surface area contributed by atoms with Gasteiger partial charge in [-0.05, 0) is 30.5 Å². The standard InChI is InChI=1S/C18H21N3S2/c1-12-14(10-13-4-2-3-5-16(13)22-12)11-21-8-6-15-17(7-9-21)23-18(19)20-15/h2-5,10,12H,6-9,11H2,1H3,(H2,19,20). The van der Waals surface area contributed by atoms with E-state index < -0.39 is 0 Å². The van der Waals surface area contributed by atoms with Crippen LogP contribution < -0.4 is 5.73 Å². The lowest BCUT2D eigenvalue weighted by molar-refractivity contribution is 0.310. The van der Waals surface area contributed by atoms with Crippen molar-refractivity contribution in [1.82, 2.24) is 9.88 Å². The smallest absolute Gasteiger partial charge is 0.180 e. The first-order valence-electron chi connectivity index (χ1n) is 8.11. The number of nitrogens with zero attached hydrogens (tertiary/aromatic N) is 2. The van der Waals surface area contributed by atoms with Gasteiger partial charge in [0.15, 0.2) is 5.13 Å². The minimum absolute atomic E-state index is 0.552. The SMILES string of the molecule is CC1Sc2ccccc2C=C1CN1CCc2nc(N)sc2CC1. The lowest BCUT2D eigenvalue weighted by Gasteiger charge is -2.28. The second kappa shape index (κ2) is 6.30. The summed E-state index contributed by atoms with van der Waals surface area (Å²) >= 11 is 3.65. The van der Waals surface area contributed by atoms with Gasteiger partial charge in [0.1, 0.15) is 0 Å². The molecule has 1 atom stereocenters. The Morgan fingerprint density at radius 2 is 2.09 bits per heavy atom. The van der Waals surface area contributed by atoms with Crippen LogP contribution in [0.25, 0.3) is 6.08 Å². The van der Waals surface area contributed by atoms with Crippen LogP contribution in [0.2, 0.25) is 0 Å². The summed E-state index contributed by atoms with van der Waals surface area (Å²) in [5, 5.41) is 1.27. The summed E-state index contributed by atoms with van der Waals surface area (Å²) in [6, 6.07) is 8.71. The summed E-state index contributed by atoms with van der Waals surface area (Å²) < 4.78 is 0. The average molecular weight is 344 g/mol. The molecule has 23 heavy (non-hydrogen) atoms. The van der Waals surface area contributed by atoms with E-state index in [0.717, 1.165) is 37.6 Å². The molecule has 5 heteroatoms. The second-order valence-corrected chi connectivity index (χ2v) is 8.71.